The summed E-state index contributed by atoms with van der Waals surface area (Å²) in [4.78, 5) is 23.2. The van der Waals surface area contributed by atoms with Gasteiger partial charge in [-0.1, -0.05) is 18.2 Å². The Morgan fingerprint density at radius 2 is 1.80 bits per heavy atom. The van der Waals surface area contributed by atoms with Gasteiger partial charge in [0, 0.05) is 5.69 Å². The second-order valence-electron chi connectivity index (χ2n) is 4.58. The maximum absolute atomic E-state index is 11.8. The molecule has 1 rings (SSSR count). The van der Waals surface area contributed by atoms with Crippen LogP contribution in [0.4, 0.5) is 10.5 Å². The topological polar surface area (TPSA) is 67.4 Å². The minimum Gasteiger partial charge on any atom is -1.00 e. The van der Waals surface area contributed by atoms with Crippen LogP contribution in [0.5, 0.6) is 0 Å². The summed E-state index contributed by atoms with van der Waals surface area (Å²) < 4.78 is 4.86. The predicted molar refractivity (Wildman–Crippen MR) is 72.2 cm³/mol. The number of nitrogens with one attached hydrogen (secondary N) is 2. The maximum atomic E-state index is 11.8. The highest BCUT2D eigenvalue weighted by Crippen LogP contribution is 2.04. The molecule has 0 fully saturated rings. The summed E-state index contributed by atoms with van der Waals surface area (Å²) in [5.41, 5.74) is 3.37. The fraction of sp³-hybridized carbons (Fsp3) is 0.385. The monoisotopic (exact) mass is 345 g/mol. The van der Waals surface area contributed by atoms with Gasteiger partial charge in [-0.15, -0.1) is 0 Å². The van der Waals surface area contributed by atoms with Crippen LogP contribution in [0, 0.1) is 0 Å². The van der Waals surface area contributed by atoms with Gasteiger partial charge in [-0.3, -0.25) is 0 Å². The third-order valence-electron chi connectivity index (χ3n) is 2.27. The highest BCUT2D eigenvalue weighted by Gasteiger charge is 2.23. The normalized spacial score (nSPS) is 10.2. The van der Waals surface area contributed by atoms with Crippen LogP contribution in [0.25, 0.3) is 0 Å². The van der Waals surface area contributed by atoms with E-state index < -0.39 is 0 Å². The minimum absolute atomic E-state index is 0. The van der Waals surface area contributed by atoms with Crippen molar-refractivity contribution in [1.29, 1.82) is 0 Å². The highest BCUT2D eigenvalue weighted by atomic mass is 79.9. The van der Waals surface area contributed by atoms with Crippen molar-refractivity contribution in [2.75, 3.05) is 32.6 Å². The third kappa shape index (κ3) is 7.10. The molecule has 0 atom stereocenters. The Labute approximate surface area is 129 Å². The van der Waals surface area contributed by atoms with Crippen LogP contribution in [0.2, 0.25) is 0 Å². The molecule has 2 N–H and O–H groups in total. The first-order valence-electron chi connectivity index (χ1n) is 6.06. The van der Waals surface area contributed by atoms with Crippen LogP contribution in [0.1, 0.15) is 6.92 Å². The molecule has 20 heavy (non-hydrogen) atoms. The van der Waals surface area contributed by atoms with E-state index in [1.54, 1.807) is 33.2 Å². The van der Waals surface area contributed by atoms with Gasteiger partial charge in [-0.2, -0.15) is 5.43 Å². The fourth-order valence-corrected chi connectivity index (χ4v) is 1.52. The zero-order valence-electron chi connectivity index (χ0n) is 11.9. The molecule has 112 valence electrons. The number of ether oxygens (including phenoxy) is 1. The summed E-state index contributed by atoms with van der Waals surface area (Å²) in [6.45, 7) is 2.14. The number of esters is 1. The van der Waals surface area contributed by atoms with Crippen molar-refractivity contribution in [3.63, 3.8) is 0 Å². The number of para-hydroxylation sites is 1. The SMILES string of the molecule is CCOC(=O)C[N+](C)(C)NC(=O)Nc1ccccc1.[Br-]. The van der Waals surface area contributed by atoms with Crippen LogP contribution in [0.15, 0.2) is 30.3 Å². The number of anilines is 1. The predicted octanol–water partition coefficient (Wildman–Crippen LogP) is -1.63. The number of hydrogen-bond donors (Lipinski definition) is 2. The Morgan fingerprint density at radius 1 is 1.20 bits per heavy atom. The van der Waals surface area contributed by atoms with Crippen molar-refractivity contribution in [2.45, 2.75) is 6.92 Å². The van der Waals surface area contributed by atoms with Crippen molar-refractivity contribution < 1.29 is 35.9 Å². The summed E-state index contributed by atoms with van der Waals surface area (Å²) in [7, 11) is 3.42. The second-order valence-corrected chi connectivity index (χ2v) is 4.58. The second kappa shape index (κ2) is 8.55. The van der Waals surface area contributed by atoms with Crippen LogP contribution in [0.3, 0.4) is 0 Å². The lowest BCUT2D eigenvalue weighted by Gasteiger charge is -2.27. The van der Waals surface area contributed by atoms with Gasteiger partial charge in [-0.25, -0.2) is 14.2 Å². The number of halogens is 1. The Hall–Kier alpha value is -1.60. The molecule has 0 aromatic heterocycles. The number of quaternary nitrogens is 1. The molecular formula is C13H20BrN3O3. The molecule has 0 saturated heterocycles. The van der Waals surface area contributed by atoms with E-state index in [2.05, 4.69) is 10.7 Å². The number of urea groups is 1. The summed E-state index contributed by atoms with van der Waals surface area (Å²) in [5, 5.41) is 2.69. The molecule has 6 nitrogen and oxygen atoms in total. The summed E-state index contributed by atoms with van der Waals surface area (Å²) in [6.07, 6.45) is 0. The Morgan fingerprint density at radius 3 is 2.35 bits per heavy atom. The molecule has 0 heterocycles. The van der Waals surface area contributed by atoms with Crippen molar-refractivity contribution in [1.82, 2.24) is 5.43 Å². The van der Waals surface area contributed by atoms with E-state index in [-0.39, 0.29) is 40.1 Å². The van der Waals surface area contributed by atoms with E-state index in [1.165, 1.54) is 0 Å². The molecule has 7 heteroatoms. The number of likely N-dealkylation sites (N-methyl/N-ethyl adjacent to an activating group) is 1. The van der Waals surface area contributed by atoms with Gasteiger partial charge in [0.2, 0.25) is 0 Å². The first-order valence-corrected chi connectivity index (χ1v) is 6.06. The lowest BCUT2D eigenvalue weighted by atomic mass is 10.3. The Balaban J connectivity index is 0.00000361. The van der Waals surface area contributed by atoms with Gasteiger partial charge in [0.1, 0.15) is 0 Å². The van der Waals surface area contributed by atoms with Crippen molar-refractivity contribution in [2.24, 2.45) is 0 Å². The molecule has 0 spiro atoms. The number of nitrogens with zero attached hydrogens (tertiary/aromatic N) is 1. The molecule has 0 saturated carbocycles. The van der Waals surface area contributed by atoms with Crippen LogP contribution in [-0.2, 0) is 9.53 Å². The Kier molecular flexibility index (Phi) is 7.86. The smallest absolute Gasteiger partial charge is 0.364 e. The standard InChI is InChI=1S/C13H19N3O3.BrH/c1-4-19-12(17)10-16(2,3)15-13(18)14-11-8-6-5-7-9-11;/h5-9H,4,10H2,1-3H3,(H-,14,15,18);1H. The van der Waals surface area contributed by atoms with Crippen LogP contribution >= 0.6 is 0 Å². The van der Waals surface area contributed by atoms with E-state index in [9.17, 15) is 9.59 Å². The first kappa shape index (κ1) is 18.4. The van der Waals surface area contributed by atoms with Crippen molar-refractivity contribution in [3.8, 4) is 0 Å². The van der Waals surface area contributed by atoms with Gasteiger partial charge >= 0.3 is 12.0 Å². The number of amides is 2. The molecule has 0 radical (unpaired) electrons. The molecule has 1 aromatic rings. The van der Waals surface area contributed by atoms with E-state index in [1.807, 2.05) is 18.2 Å². The average Bonchev–Trinajstić information content (AvgIpc) is 2.28. The lowest BCUT2D eigenvalue weighted by Crippen LogP contribution is -3.00. The minimum atomic E-state index is -0.375. The summed E-state index contributed by atoms with van der Waals surface area (Å²) >= 11 is 0. The van der Waals surface area contributed by atoms with Gasteiger partial charge in [-0.05, 0) is 19.1 Å². The molecule has 0 aliphatic carbocycles. The van der Waals surface area contributed by atoms with E-state index in [0.717, 1.165) is 0 Å². The number of carbonyl (C=O) groups is 2. The van der Waals surface area contributed by atoms with Crippen LogP contribution < -0.4 is 27.7 Å². The van der Waals surface area contributed by atoms with E-state index in [4.69, 9.17) is 4.74 Å². The molecule has 0 unspecified atom stereocenters. The molecule has 0 aliphatic rings. The molecule has 0 aliphatic heterocycles. The van der Waals surface area contributed by atoms with E-state index in [0.29, 0.717) is 12.3 Å². The molecule has 1 aromatic carbocycles. The number of rotatable bonds is 5. The number of benzene rings is 1. The zero-order chi connectivity index (χ0) is 14.3. The first-order chi connectivity index (χ1) is 8.93. The molecule has 0 bridgehead atoms. The Bertz CT molecular complexity index is 438. The van der Waals surface area contributed by atoms with Gasteiger partial charge < -0.3 is 27.0 Å². The lowest BCUT2D eigenvalue weighted by molar-refractivity contribution is -0.917. The number of carbonyl (C=O) groups excluding carboxylic acids is 2. The van der Waals surface area contributed by atoms with Crippen molar-refractivity contribution >= 4 is 17.7 Å². The largest absolute Gasteiger partial charge is 1.00 e. The molecular weight excluding hydrogens is 326 g/mol. The van der Waals surface area contributed by atoms with E-state index >= 15 is 0 Å². The summed E-state index contributed by atoms with van der Waals surface area (Å²) in [5.74, 6) is -0.354. The summed E-state index contributed by atoms with van der Waals surface area (Å²) in [6, 6.07) is 8.71. The average molecular weight is 346 g/mol. The highest BCUT2D eigenvalue weighted by molar-refractivity contribution is 5.88. The quantitative estimate of drug-likeness (QED) is 0.382. The third-order valence-corrected chi connectivity index (χ3v) is 2.27. The van der Waals surface area contributed by atoms with Crippen LogP contribution in [-0.4, -0.2) is 43.8 Å². The van der Waals surface area contributed by atoms with Crippen molar-refractivity contribution in [3.05, 3.63) is 30.3 Å². The maximum Gasteiger partial charge on any atom is 0.364 e. The van der Waals surface area contributed by atoms with Gasteiger partial charge in [0.15, 0.2) is 6.54 Å². The van der Waals surface area contributed by atoms with Gasteiger partial charge in [0.05, 0.1) is 20.7 Å². The fourth-order valence-electron chi connectivity index (χ4n) is 1.52. The number of hydrogen-bond acceptors (Lipinski definition) is 3. The van der Waals surface area contributed by atoms with Gasteiger partial charge in [0.25, 0.3) is 0 Å². The zero-order valence-corrected chi connectivity index (χ0v) is 13.4. The molecule has 2 amide bonds.